The number of methoxy groups -OCH3 is 3. The maximum Gasteiger partial charge on any atom is 0.250 e. The molecule has 2 amide bonds. The first-order valence-electron chi connectivity index (χ1n) is 15.7. The Morgan fingerprint density at radius 3 is 2.46 bits per heavy atom. The fraction of sp³-hybridized carbons (Fsp3) is 0.429. The summed E-state index contributed by atoms with van der Waals surface area (Å²) in [5, 5.41) is 6.20. The highest BCUT2D eigenvalue weighted by Crippen LogP contribution is 2.50. The Morgan fingerprint density at radius 2 is 1.74 bits per heavy atom. The summed E-state index contributed by atoms with van der Waals surface area (Å²) in [7, 11) is 4.66. The molecular formula is C35H40N4O7. The van der Waals surface area contributed by atoms with Crippen LogP contribution in [0.1, 0.15) is 55.5 Å². The highest BCUT2D eigenvalue weighted by atomic mass is 16.5. The number of aromatic nitrogens is 1. The minimum absolute atomic E-state index is 0.00102. The quantitative estimate of drug-likeness (QED) is 0.407. The van der Waals surface area contributed by atoms with Gasteiger partial charge in [-0.2, -0.15) is 0 Å². The molecule has 2 aromatic carbocycles. The van der Waals surface area contributed by atoms with Gasteiger partial charge in [-0.25, -0.2) is 0 Å². The van der Waals surface area contributed by atoms with Crippen molar-refractivity contribution in [2.45, 2.75) is 57.7 Å². The zero-order chi connectivity index (χ0) is 32.7. The third-order valence-electron chi connectivity index (χ3n) is 9.45. The number of fused-ring (bicyclic) bond motifs is 7. The molecule has 46 heavy (non-hydrogen) atoms. The smallest absolute Gasteiger partial charge is 0.250 e. The number of benzene rings is 1. The van der Waals surface area contributed by atoms with E-state index in [9.17, 15) is 19.2 Å². The molecule has 6 rings (SSSR count). The number of amides is 2. The second kappa shape index (κ2) is 12.5. The Balaban J connectivity index is 1.35. The topological polar surface area (TPSA) is 128 Å². The van der Waals surface area contributed by atoms with Gasteiger partial charge in [0.2, 0.25) is 23.0 Å². The van der Waals surface area contributed by atoms with Crippen molar-refractivity contribution in [3.05, 3.63) is 79.9 Å². The second-order valence-corrected chi connectivity index (χ2v) is 12.4. The van der Waals surface area contributed by atoms with Crippen molar-refractivity contribution in [1.82, 2.24) is 14.8 Å². The van der Waals surface area contributed by atoms with E-state index in [1.54, 1.807) is 52.5 Å². The zero-order valence-corrected chi connectivity index (χ0v) is 26.8. The lowest BCUT2D eigenvalue weighted by atomic mass is 9.83. The van der Waals surface area contributed by atoms with E-state index < -0.39 is 12.1 Å². The number of hydrogen-bond donors (Lipinski definition) is 2. The molecule has 2 aliphatic heterocycles. The zero-order valence-electron chi connectivity index (χ0n) is 26.8. The SMILES string of the molecule is COc1cc2c(c(OC)c1OC)-c1ccc(N[C@H](C)C(=O)N3C[C@@H]4C[C@H](C3)c3cccc(=O)n3C4)c(=O)cc1[C@@H](NC(C)=O)CC2. The van der Waals surface area contributed by atoms with Gasteiger partial charge < -0.3 is 34.3 Å². The molecule has 242 valence electrons. The van der Waals surface area contributed by atoms with Crippen molar-refractivity contribution in [2.24, 2.45) is 5.92 Å². The van der Waals surface area contributed by atoms with Crippen LogP contribution in [0.4, 0.5) is 5.69 Å². The van der Waals surface area contributed by atoms with Gasteiger partial charge in [0.25, 0.3) is 5.56 Å². The number of pyridine rings is 1. The number of carbonyl (C=O) groups is 2. The van der Waals surface area contributed by atoms with Crippen LogP contribution in [0.5, 0.6) is 17.2 Å². The Labute approximate surface area is 267 Å². The molecule has 0 radical (unpaired) electrons. The molecule has 2 N–H and O–H groups in total. The van der Waals surface area contributed by atoms with E-state index in [0.29, 0.717) is 60.9 Å². The number of hydrogen-bond acceptors (Lipinski definition) is 8. The van der Waals surface area contributed by atoms with E-state index in [0.717, 1.165) is 23.2 Å². The van der Waals surface area contributed by atoms with Gasteiger partial charge in [-0.1, -0.05) is 12.1 Å². The second-order valence-electron chi connectivity index (χ2n) is 12.4. The summed E-state index contributed by atoms with van der Waals surface area (Å²) >= 11 is 0. The normalized spacial score (nSPS) is 20.2. The lowest BCUT2D eigenvalue weighted by Crippen LogP contribution is -2.52. The van der Waals surface area contributed by atoms with Crippen LogP contribution in [-0.2, 0) is 22.6 Å². The molecule has 11 nitrogen and oxygen atoms in total. The van der Waals surface area contributed by atoms with Crippen LogP contribution in [0.25, 0.3) is 11.1 Å². The van der Waals surface area contributed by atoms with Crippen LogP contribution in [0.3, 0.4) is 0 Å². The minimum atomic E-state index is -0.677. The van der Waals surface area contributed by atoms with Gasteiger partial charge in [-0.05, 0) is 73.1 Å². The first-order chi connectivity index (χ1) is 22.1. The van der Waals surface area contributed by atoms with Gasteiger partial charge in [0, 0.05) is 49.8 Å². The number of rotatable bonds is 7. The molecule has 0 saturated carbocycles. The fourth-order valence-electron chi connectivity index (χ4n) is 7.47. The molecule has 1 saturated heterocycles. The summed E-state index contributed by atoms with van der Waals surface area (Å²) in [5.41, 5.74) is 3.99. The molecule has 0 unspecified atom stereocenters. The van der Waals surface area contributed by atoms with Crippen molar-refractivity contribution in [3.63, 3.8) is 0 Å². The van der Waals surface area contributed by atoms with Crippen LogP contribution >= 0.6 is 0 Å². The van der Waals surface area contributed by atoms with Crippen LogP contribution < -0.4 is 35.8 Å². The largest absolute Gasteiger partial charge is 0.493 e. The Bertz CT molecular complexity index is 1820. The van der Waals surface area contributed by atoms with Gasteiger partial charge in [0.1, 0.15) is 6.04 Å². The average Bonchev–Trinajstić information content (AvgIpc) is 3.28. The summed E-state index contributed by atoms with van der Waals surface area (Å²) in [4.78, 5) is 54.1. The van der Waals surface area contributed by atoms with E-state index in [1.165, 1.54) is 6.92 Å². The van der Waals surface area contributed by atoms with E-state index >= 15 is 0 Å². The molecule has 1 fully saturated rings. The summed E-state index contributed by atoms with van der Waals surface area (Å²) in [6.45, 7) is 4.89. The number of nitrogens with zero attached hydrogens (tertiary/aromatic N) is 2. The summed E-state index contributed by atoms with van der Waals surface area (Å²) < 4.78 is 19.0. The van der Waals surface area contributed by atoms with Crippen molar-refractivity contribution in [2.75, 3.05) is 39.7 Å². The van der Waals surface area contributed by atoms with Crippen LogP contribution in [0, 0.1) is 5.92 Å². The fourth-order valence-corrected chi connectivity index (χ4v) is 7.47. The Morgan fingerprint density at radius 1 is 0.957 bits per heavy atom. The number of piperidine rings is 1. The highest BCUT2D eigenvalue weighted by Gasteiger charge is 2.37. The third-order valence-corrected chi connectivity index (χ3v) is 9.45. The molecule has 1 aromatic heterocycles. The molecule has 2 bridgehead atoms. The Hall–Kier alpha value is -4.80. The lowest BCUT2D eigenvalue weighted by Gasteiger charge is -2.43. The number of aryl methyl sites for hydroxylation is 1. The highest BCUT2D eigenvalue weighted by molar-refractivity contribution is 5.86. The first-order valence-corrected chi connectivity index (χ1v) is 15.7. The molecule has 3 aromatic rings. The molecule has 1 aliphatic carbocycles. The van der Waals surface area contributed by atoms with Crippen molar-refractivity contribution in [3.8, 4) is 28.4 Å². The van der Waals surface area contributed by atoms with Gasteiger partial charge in [0.15, 0.2) is 11.5 Å². The molecule has 4 atom stereocenters. The van der Waals surface area contributed by atoms with E-state index in [2.05, 4.69) is 10.6 Å². The number of likely N-dealkylation sites (tertiary alicyclic amines) is 1. The standard InChI is InChI=1S/C35H40N4O7/c1-19(35(43)38-16-21-13-23(18-38)28-7-6-8-31(42)39(28)17-21)36-27-12-10-24-25(15-29(27)41)26(37-20(2)40)11-9-22-14-30(44-3)33(45-4)34(46-5)32(22)24/h6-8,10,12,14-15,19,21,23,26H,9,11,13,16-18H2,1-5H3,(H,36,41)(H,37,40)/t19-,21+,23-,26+/m1/s1. The monoisotopic (exact) mass is 628 g/mol. The number of ether oxygens (including phenoxy) is 3. The lowest BCUT2D eigenvalue weighted by molar-refractivity contribution is -0.134. The molecule has 0 spiro atoms. The van der Waals surface area contributed by atoms with E-state index in [4.69, 9.17) is 14.2 Å². The van der Waals surface area contributed by atoms with Crippen LogP contribution in [-0.4, -0.2) is 61.7 Å². The maximum absolute atomic E-state index is 13.8. The maximum atomic E-state index is 13.8. The molecular weight excluding hydrogens is 588 g/mol. The van der Waals surface area contributed by atoms with Gasteiger partial charge in [-0.15, -0.1) is 0 Å². The summed E-state index contributed by atoms with van der Waals surface area (Å²) in [5.74, 6) is 1.40. The third kappa shape index (κ3) is 5.59. The van der Waals surface area contributed by atoms with Crippen molar-refractivity contribution in [1.29, 1.82) is 0 Å². The van der Waals surface area contributed by atoms with Gasteiger partial charge in [0.05, 0.1) is 33.1 Å². The molecule has 3 aliphatic rings. The predicted molar refractivity (Wildman–Crippen MR) is 174 cm³/mol. The summed E-state index contributed by atoms with van der Waals surface area (Å²) in [6.07, 6.45) is 2.08. The van der Waals surface area contributed by atoms with Crippen molar-refractivity contribution < 1.29 is 23.8 Å². The van der Waals surface area contributed by atoms with E-state index in [-0.39, 0.29) is 40.3 Å². The minimum Gasteiger partial charge on any atom is -0.493 e. The number of anilines is 1. The summed E-state index contributed by atoms with van der Waals surface area (Å²) in [6, 6.07) is 11.2. The van der Waals surface area contributed by atoms with E-state index in [1.807, 2.05) is 27.7 Å². The van der Waals surface area contributed by atoms with Gasteiger partial charge >= 0.3 is 0 Å². The number of carbonyl (C=O) groups excluding carboxylic acids is 2. The molecule has 3 heterocycles. The first kappa shape index (κ1) is 31.2. The average molecular weight is 629 g/mol. The van der Waals surface area contributed by atoms with Crippen LogP contribution in [0.15, 0.2) is 52.1 Å². The number of nitrogens with one attached hydrogen (secondary N) is 2. The predicted octanol–water partition coefficient (Wildman–Crippen LogP) is 3.47. The van der Waals surface area contributed by atoms with Gasteiger partial charge in [-0.3, -0.25) is 19.2 Å². The molecule has 11 heteroatoms. The Kier molecular flexibility index (Phi) is 8.50. The van der Waals surface area contributed by atoms with Crippen molar-refractivity contribution >= 4 is 17.5 Å². The van der Waals surface area contributed by atoms with Crippen LogP contribution in [0.2, 0.25) is 0 Å².